The molecule has 0 N–H and O–H groups in total. The Bertz CT molecular complexity index is 486. The molecule has 0 atom stereocenters. The van der Waals surface area contributed by atoms with Crippen LogP contribution < -0.4 is 4.90 Å². The fraction of sp³-hybridized carbons (Fsp3) is 0.250. The van der Waals surface area contributed by atoms with Gasteiger partial charge in [0.2, 0.25) is 0 Å². The topological polar surface area (TPSA) is 3.24 Å². The number of rotatable bonds is 4. The highest BCUT2D eigenvalue weighted by Crippen LogP contribution is 2.14. The molecule has 0 spiro atoms. The van der Waals surface area contributed by atoms with Crippen molar-refractivity contribution in [3.8, 4) is 0 Å². The Kier molecular flexibility index (Phi) is 4.64. The standard InChI is InChI=1S/C16H18IN/c1-18(2)16-11-7-14(8-12-16)4-3-13-5-9-15(17)10-6-13/h5-12H,3-4H2,1-2H3. The molecule has 0 amide bonds. The molecule has 0 fully saturated rings. The normalized spacial score (nSPS) is 10.4. The van der Waals surface area contributed by atoms with E-state index in [0.29, 0.717) is 0 Å². The van der Waals surface area contributed by atoms with E-state index in [0.717, 1.165) is 12.8 Å². The molecular formula is C16H18IN. The fourth-order valence-electron chi connectivity index (χ4n) is 1.90. The molecular weight excluding hydrogens is 333 g/mol. The molecule has 0 bridgehead atoms. The maximum absolute atomic E-state index is 2.34. The minimum atomic E-state index is 1.11. The summed E-state index contributed by atoms with van der Waals surface area (Å²) in [7, 11) is 4.14. The molecule has 0 aliphatic heterocycles. The lowest BCUT2D eigenvalue weighted by molar-refractivity contribution is 0.958. The van der Waals surface area contributed by atoms with Crippen molar-refractivity contribution in [1.29, 1.82) is 0 Å². The molecule has 2 aromatic rings. The first kappa shape index (κ1) is 13.4. The highest BCUT2D eigenvalue weighted by atomic mass is 127. The second-order valence-corrected chi connectivity index (χ2v) is 5.93. The number of halogens is 1. The highest BCUT2D eigenvalue weighted by molar-refractivity contribution is 14.1. The van der Waals surface area contributed by atoms with Crippen LogP contribution in [0.3, 0.4) is 0 Å². The third-order valence-corrected chi connectivity index (χ3v) is 3.79. The van der Waals surface area contributed by atoms with Crippen molar-refractivity contribution in [1.82, 2.24) is 0 Å². The smallest absolute Gasteiger partial charge is 0.0361 e. The number of nitrogens with zero attached hydrogens (tertiary/aromatic N) is 1. The maximum Gasteiger partial charge on any atom is 0.0361 e. The average Bonchev–Trinajstić information content (AvgIpc) is 2.38. The Morgan fingerprint density at radius 3 is 1.67 bits per heavy atom. The van der Waals surface area contributed by atoms with E-state index in [1.165, 1.54) is 20.4 Å². The second kappa shape index (κ2) is 6.23. The minimum absolute atomic E-state index is 1.11. The Balaban J connectivity index is 1.95. The van der Waals surface area contributed by atoms with E-state index in [1.807, 2.05) is 0 Å². The van der Waals surface area contributed by atoms with Gasteiger partial charge in [-0.2, -0.15) is 0 Å². The zero-order chi connectivity index (χ0) is 13.0. The molecule has 0 aromatic heterocycles. The van der Waals surface area contributed by atoms with Crippen LogP contribution in [0.4, 0.5) is 5.69 Å². The van der Waals surface area contributed by atoms with E-state index in [2.05, 4.69) is 90.1 Å². The number of benzene rings is 2. The predicted octanol–water partition coefficient (Wildman–Crippen LogP) is 4.14. The van der Waals surface area contributed by atoms with E-state index in [1.54, 1.807) is 0 Å². The molecule has 0 saturated carbocycles. The summed E-state index contributed by atoms with van der Waals surface area (Å²) in [4.78, 5) is 2.13. The lowest BCUT2D eigenvalue weighted by Crippen LogP contribution is -2.08. The predicted molar refractivity (Wildman–Crippen MR) is 87.3 cm³/mol. The van der Waals surface area contributed by atoms with Crippen molar-refractivity contribution in [2.45, 2.75) is 12.8 Å². The summed E-state index contributed by atoms with van der Waals surface area (Å²) in [6, 6.07) is 17.6. The third kappa shape index (κ3) is 3.73. The summed E-state index contributed by atoms with van der Waals surface area (Å²) in [6.45, 7) is 0. The summed E-state index contributed by atoms with van der Waals surface area (Å²) in [5.74, 6) is 0. The summed E-state index contributed by atoms with van der Waals surface area (Å²) in [5, 5.41) is 0. The van der Waals surface area contributed by atoms with Crippen molar-refractivity contribution in [3.05, 3.63) is 63.2 Å². The Morgan fingerprint density at radius 1 is 0.778 bits per heavy atom. The summed E-state index contributed by atoms with van der Waals surface area (Å²) in [6.07, 6.45) is 2.21. The van der Waals surface area contributed by atoms with Crippen molar-refractivity contribution >= 4 is 28.3 Å². The molecule has 2 rings (SSSR count). The van der Waals surface area contributed by atoms with Crippen molar-refractivity contribution < 1.29 is 0 Å². The molecule has 0 radical (unpaired) electrons. The third-order valence-electron chi connectivity index (χ3n) is 3.07. The Hall–Kier alpha value is -1.03. The largest absolute Gasteiger partial charge is 0.378 e. The number of anilines is 1. The first-order chi connectivity index (χ1) is 8.65. The van der Waals surface area contributed by atoms with Crippen LogP contribution >= 0.6 is 22.6 Å². The molecule has 18 heavy (non-hydrogen) atoms. The summed E-state index contributed by atoms with van der Waals surface area (Å²) >= 11 is 2.34. The Morgan fingerprint density at radius 2 is 1.22 bits per heavy atom. The average molecular weight is 351 g/mol. The summed E-state index contributed by atoms with van der Waals surface area (Å²) in [5.41, 5.74) is 4.07. The van der Waals surface area contributed by atoms with Crippen LogP contribution in [-0.2, 0) is 12.8 Å². The lowest BCUT2D eigenvalue weighted by Gasteiger charge is -2.12. The van der Waals surface area contributed by atoms with Crippen LogP contribution in [0.2, 0.25) is 0 Å². The lowest BCUT2D eigenvalue weighted by atomic mass is 10.0. The zero-order valence-corrected chi connectivity index (χ0v) is 13.0. The first-order valence-corrected chi connectivity index (χ1v) is 7.24. The van der Waals surface area contributed by atoms with Crippen LogP contribution in [0.1, 0.15) is 11.1 Å². The quantitative estimate of drug-likeness (QED) is 0.749. The van der Waals surface area contributed by atoms with Gasteiger partial charge in [0.25, 0.3) is 0 Å². The van der Waals surface area contributed by atoms with Crippen LogP contribution in [-0.4, -0.2) is 14.1 Å². The van der Waals surface area contributed by atoms with E-state index in [-0.39, 0.29) is 0 Å². The Labute approximate surface area is 123 Å². The van der Waals surface area contributed by atoms with Crippen molar-refractivity contribution in [2.24, 2.45) is 0 Å². The van der Waals surface area contributed by atoms with Crippen molar-refractivity contribution in [3.63, 3.8) is 0 Å². The van der Waals surface area contributed by atoms with Crippen LogP contribution in [0.25, 0.3) is 0 Å². The SMILES string of the molecule is CN(C)c1ccc(CCc2ccc(I)cc2)cc1. The minimum Gasteiger partial charge on any atom is -0.378 e. The molecule has 94 valence electrons. The van der Waals surface area contributed by atoms with Gasteiger partial charge in [-0.25, -0.2) is 0 Å². The van der Waals surface area contributed by atoms with Crippen LogP contribution in [0.5, 0.6) is 0 Å². The fourth-order valence-corrected chi connectivity index (χ4v) is 2.26. The maximum atomic E-state index is 2.34. The van der Waals surface area contributed by atoms with Gasteiger partial charge in [-0.3, -0.25) is 0 Å². The van der Waals surface area contributed by atoms with Gasteiger partial charge in [-0.05, 0) is 70.8 Å². The van der Waals surface area contributed by atoms with E-state index in [9.17, 15) is 0 Å². The number of aryl methyl sites for hydroxylation is 2. The van der Waals surface area contributed by atoms with Gasteiger partial charge in [0.1, 0.15) is 0 Å². The van der Waals surface area contributed by atoms with Gasteiger partial charge in [0.15, 0.2) is 0 Å². The number of hydrogen-bond donors (Lipinski definition) is 0. The molecule has 0 saturated heterocycles. The monoisotopic (exact) mass is 351 g/mol. The molecule has 0 heterocycles. The van der Waals surface area contributed by atoms with E-state index in [4.69, 9.17) is 0 Å². The van der Waals surface area contributed by atoms with Gasteiger partial charge in [0.05, 0.1) is 0 Å². The van der Waals surface area contributed by atoms with Gasteiger partial charge in [-0.1, -0.05) is 24.3 Å². The molecule has 2 aromatic carbocycles. The molecule has 2 heteroatoms. The molecule has 0 aliphatic rings. The summed E-state index contributed by atoms with van der Waals surface area (Å²) < 4.78 is 1.30. The highest BCUT2D eigenvalue weighted by Gasteiger charge is 1.98. The van der Waals surface area contributed by atoms with Crippen molar-refractivity contribution in [2.75, 3.05) is 19.0 Å². The van der Waals surface area contributed by atoms with Crippen LogP contribution in [0, 0.1) is 3.57 Å². The van der Waals surface area contributed by atoms with Crippen LogP contribution in [0.15, 0.2) is 48.5 Å². The zero-order valence-electron chi connectivity index (χ0n) is 10.9. The molecule has 1 nitrogen and oxygen atoms in total. The first-order valence-electron chi connectivity index (χ1n) is 6.16. The van der Waals surface area contributed by atoms with E-state index < -0.39 is 0 Å². The van der Waals surface area contributed by atoms with Gasteiger partial charge in [0, 0.05) is 23.4 Å². The van der Waals surface area contributed by atoms with E-state index >= 15 is 0 Å². The van der Waals surface area contributed by atoms with Gasteiger partial charge in [-0.15, -0.1) is 0 Å². The second-order valence-electron chi connectivity index (χ2n) is 4.69. The number of hydrogen-bond acceptors (Lipinski definition) is 1. The molecule has 0 unspecified atom stereocenters. The van der Waals surface area contributed by atoms with Gasteiger partial charge < -0.3 is 4.90 Å². The molecule has 0 aliphatic carbocycles. The van der Waals surface area contributed by atoms with Gasteiger partial charge >= 0.3 is 0 Å².